The summed E-state index contributed by atoms with van der Waals surface area (Å²) in [5.74, 6) is 1.29. The minimum absolute atomic E-state index is 0.491. The molecule has 5 heteroatoms. The molecular formula is C13H16N4O. The lowest BCUT2D eigenvalue weighted by molar-refractivity contribution is 0.461. The molecule has 3 rings (SSSR count). The first-order valence-electron chi connectivity index (χ1n) is 6.30. The number of nitrogens with zero attached hydrogens (tertiary/aromatic N) is 3. The highest BCUT2D eigenvalue weighted by atomic mass is 16.5. The van der Waals surface area contributed by atoms with E-state index in [1.807, 2.05) is 12.1 Å². The lowest BCUT2D eigenvalue weighted by Gasteiger charge is -2.28. The first-order chi connectivity index (χ1) is 8.92. The van der Waals surface area contributed by atoms with E-state index in [4.69, 9.17) is 4.74 Å². The van der Waals surface area contributed by atoms with Gasteiger partial charge in [0.2, 0.25) is 0 Å². The fourth-order valence-corrected chi connectivity index (χ4v) is 2.26. The zero-order valence-electron chi connectivity index (χ0n) is 10.2. The smallest absolute Gasteiger partial charge is 0.258 e. The van der Waals surface area contributed by atoms with E-state index in [9.17, 15) is 0 Å². The summed E-state index contributed by atoms with van der Waals surface area (Å²) >= 11 is 0. The van der Waals surface area contributed by atoms with Gasteiger partial charge in [-0.1, -0.05) is 6.07 Å². The number of piperidine rings is 1. The summed E-state index contributed by atoms with van der Waals surface area (Å²) in [7, 11) is 0. The summed E-state index contributed by atoms with van der Waals surface area (Å²) in [6.07, 6.45) is 5.45. The number of nitrogens with one attached hydrogen (secondary N) is 1. The first kappa shape index (κ1) is 11.1. The molecule has 0 spiro atoms. The molecule has 94 valence electrons. The second kappa shape index (κ2) is 5.08. The van der Waals surface area contributed by atoms with Gasteiger partial charge in [0, 0.05) is 24.8 Å². The summed E-state index contributed by atoms with van der Waals surface area (Å²) in [5.41, 5.74) is 1.22. The van der Waals surface area contributed by atoms with Crippen molar-refractivity contribution in [2.45, 2.75) is 19.3 Å². The second-order valence-corrected chi connectivity index (χ2v) is 4.46. The van der Waals surface area contributed by atoms with E-state index in [1.165, 1.54) is 24.9 Å². The van der Waals surface area contributed by atoms with E-state index < -0.39 is 0 Å². The lowest BCUT2D eigenvalue weighted by Crippen LogP contribution is -2.29. The predicted octanol–water partition coefficient (Wildman–Crippen LogP) is 2.59. The average Bonchev–Trinajstić information content (AvgIpc) is 2.93. The van der Waals surface area contributed by atoms with Crippen LogP contribution in [0.4, 0.5) is 5.69 Å². The van der Waals surface area contributed by atoms with Gasteiger partial charge >= 0.3 is 0 Å². The first-order valence-corrected chi connectivity index (χ1v) is 6.30. The van der Waals surface area contributed by atoms with Crippen molar-refractivity contribution in [1.82, 2.24) is 15.4 Å². The monoisotopic (exact) mass is 244 g/mol. The minimum Gasteiger partial charge on any atom is -0.436 e. The van der Waals surface area contributed by atoms with Gasteiger partial charge in [0.1, 0.15) is 11.9 Å². The molecule has 2 heterocycles. The van der Waals surface area contributed by atoms with Crippen LogP contribution in [0.1, 0.15) is 19.3 Å². The van der Waals surface area contributed by atoms with Gasteiger partial charge in [0.15, 0.2) is 0 Å². The van der Waals surface area contributed by atoms with Crippen molar-refractivity contribution in [3.63, 3.8) is 0 Å². The molecule has 0 amide bonds. The maximum atomic E-state index is 5.62. The molecule has 5 nitrogen and oxygen atoms in total. The molecule has 0 unspecified atom stereocenters. The van der Waals surface area contributed by atoms with Crippen molar-refractivity contribution in [3.05, 3.63) is 30.5 Å². The molecule has 0 saturated carbocycles. The average molecular weight is 244 g/mol. The molecular weight excluding hydrogens is 228 g/mol. The van der Waals surface area contributed by atoms with Gasteiger partial charge in [-0.15, -0.1) is 5.10 Å². The fraction of sp³-hybridized carbons (Fsp3) is 0.385. The van der Waals surface area contributed by atoms with Crippen LogP contribution >= 0.6 is 0 Å². The summed E-state index contributed by atoms with van der Waals surface area (Å²) in [6.45, 7) is 2.26. The van der Waals surface area contributed by atoms with E-state index in [-0.39, 0.29) is 0 Å². The normalized spacial score (nSPS) is 15.7. The van der Waals surface area contributed by atoms with Crippen molar-refractivity contribution in [2.24, 2.45) is 0 Å². The molecule has 0 radical (unpaired) electrons. The Balaban J connectivity index is 1.76. The number of H-pyrrole nitrogens is 1. The van der Waals surface area contributed by atoms with E-state index in [1.54, 1.807) is 6.20 Å². The summed E-state index contributed by atoms with van der Waals surface area (Å²) < 4.78 is 5.62. The molecule has 0 aliphatic carbocycles. The number of rotatable bonds is 3. The molecule has 1 aliphatic heterocycles. The van der Waals surface area contributed by atoms with Crippen LogP contribution in [-0.4, -0.2) is 28.5 Å². The highest BCUT2D eigenvalue weighted by Gasteiger charge is 2.11. The maximum absolute atomic E-state index is 5.62. The summed E-state index contributed by atoms with van der Waals surface area (Å²) in [6, 6.07) is 8.13. The van der Waals surface area contributed by atoms with Crippen LogP contribution in [0.2, 0.25) is 0 Å². The zero-order valence-corrected chi connectivity index (χ0v) is 10.2. The molecule has 0 bridgehead atoms. The van der Waals surface area contributed by atoms with Gasteiger partial charge in [0.05, 0.1) is 0 Å². The summed E-state index contributed by atoms with van der Waals surface area (Å²) in [4.78, 5) is 2.40. The Kier molecular flexibility index (Phi) is 3.12. The molecule has 1 fully saturated rings. The van der Waals surface area contributed by atoms with E-state index in [0.717, 1.165) is 18.8 Å². The number of ether oxygens (including phenoxy) is 1. The summed E-state index contributed by atoms with van der Waals surface area (Å²) in [5, 5.41) is 10.1. The number of hydrogen-bond donors (Lipinski definition) is 1. The fourth-order valence-electron chi connectivity index (χ4n) is 2.26. The third-order valence-corrected chi connectivity index (χ3v) is 3.15. The number of hydrogen-bond acceptors (Lipinski definition) is 4. The van der Waals surface area contributed by atoms with Crippen LogP contribution in [0.15, 0.2) is 30.5 Å². The van der Waals surface area contributed by atoms with Crippen LogP contribution in [-0.2, 0) is 0 Å². The highest BCUT2D eigenvalue weighted by molar-refractivity contribution is 5.51. The topological polar surface area (TPSA) is 54.0 Å². The van der Waals surface area contributed by atoms with Crippen LogP contribution in [0.5, 0.6) is 11.6 Å². The Morgan fingerprint density at radius 2 is 2.06 bits per heavy atom. The van der Waals surface area contributed by atoms with E-state index in [2.05, 4.69) is 32.4 Å². The number of aromatic nitrogens is 3. The third kappa shape index (κ3) is 2.45. The van der Waals surface area contributed by atoms with Gasteiger partial charge in [0.25, 0.3) is 5.88 Å². The lowest BCUT2D eigenvalue weighted by atomic mass is 10.1. The Labute approximate surface area is 106 Å². The molecule has 1 N–H and O–H groups in total. The van der Waals surface area contributed by atoms with Gasteiger partial charge in [-0.05, 0) is 31.4 Å². The highest BCUT2D eigenvalue weighted by Crippen LogP contribution is 2.26. The number of anilines is 1. The van der Waals surface area contributed by atoms with Crippen molar-refractivity contribution < 1.29 is 4.74 Å². The Hall–Kier alpha value is -2.04. The minimum atomic E-state index is 0.491. The maximum Gasteiger partial charge on any atom is 0.258 e. The molecule has 0 atom stereocenters. The molecule has 18 heavy (non-hydrogen) atoms. The Morgan fingerprint density at radius 3 is 2.83 bits per heavy atom. The van der Waals surface area contributed by atoms with Crippen molar-refractivity contribution in [2.75, 3.05) is 18.0 Å². The number of benzene rings is 1. The van der Waals surface area contributed by atoms with Crippen molar-refractivity contribution >= 4 is 5.69 Å². The number of aromatic amines is 1. The Bertz CT molecular complexity index is 491. The SMILES string of the molecule is c1cc(Oc2cn[nH]n2)cc(N2CCCCC2)c1. The van der Waals surface area contributed by atoms with E-state index in [0.29, 0.717) is 5.88 Å². The molecule has 1 aromatic heterocycles. The molecule has 1 saturated heterocycles. The largest absolute Gasteiger partial charge is 0.436 e. The Morgan fingerprint density at radius 1 is 1.17 bits per heavy atom. The van der Waals surface area contributed by atoms with Crippen molar-refractivity contribution in [1.29, 1.82) is 0 Å². The van der Waals surface area contributed by atoms with Crippen LogP contribution in [0, 0.1) is 0 Å². The molecule has 1 aliphatic rings. The zero-order chi connectivity index (χ0) is 12.2. The quantitative estimate of drug-likeness (QED) is 0.901. The van der Waals surface area contributed by atoms with E-state index >= 15 is 0 Å². The van der Waals surface area contributed by atoms with Crippen LogP contribution in [0.3, 0.4) is 0 Å². The van der Waals surface area contributed by atoms with Gasteiger partial charge < -0.3 is 9.64 Å². The predicted molar refractivity (Wildman–Crippen MR) is 69.0 cm³/mol. The van der Waals surface area contributed by atoms with Gasteiger partial charge in [-0.3, -0.25) is 0 Å². The third-order valence-electron chi connectivity index (χ3n) is 3.15. The molecule has 2 aromatic rings. The van der Waals surface area contributed by atoms with Crippen molar-refractivity contribution in [3.8, 4) is 11.6 Å². The molecule has 1 aromatic carbocycles. The van der Waals surface area contributed by atoms with Gasteiger partial charge in [-0.2, -0.15) is 10.3 Å². The second-order valence-electron chi connectivity index (χ2n) is 4.46. The van der Waals surface area contributed by atoms with Crippen LogP contribution < -0.4 is 9.64 Å². The van der Waals surface area contributed by atoms with Crippen LogP contribution in [0.25, 0.3) is 0 Å². The van der Waals surface area contributed by atoms with Gasteiger partial charge in [-0.25, -0.2) is 0 Å². The standard InChI is InChI=1S/C13H16N4O/c1-2-7-17(8-3-1)11-5-4-6-12(9-11)18-13-10-14-16-15-13/h4-6,9-10H,1-3,7-8H2,(H,14,15,16).